The highest BCUT2D eigenvalue weighted by molar-refractivity contribution is 5.89. The van der Waals surface area contributed by atoms with Gasteiger partial charge < -0.3 is 10.4 Å². The smallest absolute Gasteiger partial charge is 0.221 e. The van der Waals surface area contributed by atoms with E-state index in [1.165, 1.54) is 43.3 Å². The van der Waals surface area contributed by atoms with Gasteiger partial charge in [0.25, 0.3) is 0 Å². The van der Waals surface area contributed by atoms with E-state index in [4.69, 9.17) is 10.5 Å². The number of anilines is 1. The average Bonchev–Trinajstić information content (AvgIpc) is 2.54. The number of aromatic hydroxyl groups is 1. The fraction of sp³-hybridized carbons (Fsp3) is 0.0625. The van der Waals surface area contributed by atoms with Crippen LogP contribution in [0.5, 0.6) is 5.75 Å². The van der Waals surface area contributed by atoms with Gasteiger partial charge in [-0.3, -0.25) is 4.79 Å². The van der Waals surface area contributed by atoms with Crippen molar-refractivity contribution >= 4 is 23.0 Å². The second-order valence-corrected chi connectivity index (χ2v) is 4.54. The van der Waals surface area contributed by atoms with Gasteiger partial charge in [0.05, 0.1) is 16.8 Å². The number of carbonyl (C=O) groups excluding carboxylic acids is 1. The van der Waals surface area contributed by atoms with Crippen molar-refractivity contribution in [1.29, 1.82) is 10.5 Å². The maximum atomic E-state index is 11.0. The third kappa shape index (κ3) is 3.90. The quantitative estimate of drug-likeness (QED) is 0.665. The molecule has 112 valence electrons. The van der Waals surface area contributed by atoms with Gasteiger partial charge >= 0.3 is 0 Å². The summed E-state index contributed by atoms with van der Waals surface area (Å²) in [5.41, 5.74) is 1.45. The third-order valence-electron chi connectivity index (χ3n) is 2.81. The Hall–Kier alpha value is -3.71. The predicted molar refractivity (Wildman–Crippen MR) is 82.5 cm³/mol. The van der Waals surface area contributed by atoms with E-state index in [2.05, 4.69) is 15.5 Å². The SMILES string of the molecule is CC(=O)Nc1ccc(O)c(N=Nc2ccc(C#N)c(C#N)c2)c1. The Labute approximate surface area is 132 Å². The lowest BCUT2D eigenvalue weighted by molar-refractivity contribution is -0.114. The van der Waals surface area contributed by atoms with E-state index in [9.17, 15) is 9.90 Å². The molecule has 23 heavy (non-hydrogen) atoms. The van der Waals surface area contributed by atoms with Crippen LogP contribution >= 0.6 is 0 Å². The number of azo groups is 1. The van der Waals surface area contributed by atoms with Crippen molar-refractivity contribution in [1.82, 2.24) is 0 Å². The van der Waals surface area contributed by atoms with Gasteiger partial charge in [-0.25, -0.2) is 0 Å². The minimum Gasteiger partial charge on any atom is -0.506 e. The first kappa shape index (κ1) is 15.7. The molecule has 0 saturated carbocycles. The summed E-state index contributed by atoms with van der Waals surface area (Å²) in [5.74, 6) is -0.346. The molecule has 1 amide bonds. The first-order chi connectivity index (χ1) is 11.0. The molecule has 0 spiro atoms. The number of carbonyl (C=O) groups is 1. The van der Waals surface area contributed by atoms with Crippen LogP contribution in [-0.4, -0.2) is 11.0 Å². The molecule has 0 aliphatic heterocycles. The van der Waals surface area contributed by atoms with Crippen LogP contribution in [0, 0.1) is 22.7 Å². The number of nitrogens with zero attached hydrogens (tertiary/aromatic N) is 4. The summed E-state index contributed by atoms with van der Waals surface area (Å²) in [6, 6.07) is 12.6. The second kappa shape index (κ2) is 6.83. The summed E-state index contributed by atoms with van der Waals surface area (Å²) in [7, 11) is 0. The lowest BCUT2D eigenvalue weighted by Crippen LogP contribution is -2.05. The van der Waals surface area contributed by atoms with Gasteiger partial charge in [-0.15, -0.1) is 5.11 Å². The zero-order valence-electron chi connectivity index (χ0n) is 12.1. The number of hydrogen-bond donors (Lipinski definition) is 2. The van der Waals surface area contributed by atoms with Gasteiger partial charge in [0, 0.05) is 12.6 Å². The van der Waals surface area contributed by atoms with Crippen molar-refractivity contribution in [2.24, 2.45) is 10.2 Å². The van der Waals surface area contributed by atoms with Crippen LogP contribution in [0.4, 0.5) is 17.1 Å². The Morgan fingerprint density at radius 3 is 2.48 bits per heavy atom. The first-order valence-electron chi connectivity index (χ1n) is 6.50. The predicted octanol–water partition coefficient (Wildman–Crippen LogP) is 3.51. The normalized spacial score (nSPS) is 10.0. The van der Waals surface area contributed by atoms with Gasteiger partial charge in [0.1, 0.15) is 23.6 Å². The second-order valence-electron chi connectivity index (χ2n) is 4.54. The summed E-state index contributed by atoms with van der Waals surface area (Å²) in [4.78, 5) is 11.0. The molecule has 0 bridgehead atoms. The Kier molecular flexibility index (Phi) is 4.66. The standard InChI is InChI=1S/C16H11N5O2/c1-10(22)19-13-4-5-16(23)15(7-13)21-20-14-3-2-11(8-17)12(6-14)9-18/h2-7,23H,1H3,(H,19,22). The molecule has 0 aromatic heterocycles. The van der Waals surface area contributed by atoms with E-state index in [0.717, 1.165) is 0 Å². The van der Waals surface area contributed by atoms with Gasteiger partial charge in [-0.05, 0) is 36.4 Å². The monoisotopic (exact) mass is 305 g/mol. The molecule has 0 heterocycles. The molecule has 7 nitrogen and oxygen atoms in total. The van der Waals surface area contributed by atoms with E-state index in [1.54, 1.807) is 0 Å². The van der Waals surface area contributed by atoms with Crippen LogP contribution < -0.4 is 5.32 Å². The van der Waals surface area contributed by atoms with Crippen molar-refractivity contribution in [2.75, 3.05) is 5.32 Å². The molecule has 7 heteroatoms. The molecule has 0 saturated heterocycles. The molecule has 2 aromatic rings. The van der Waals surface area contributed by atoms with Gasteiger partial charge in [0.15, 0.2) is 0 Å². The van der Waals surface area contributed by atoms with E-state index >= 15 is 0 Å². The summed E-state index contributed by atoms with van der Waals surface area (Å²) in [6.45, 7) is 1.37. The summed E-state index contributed by atoms with van der Waals surface area (Å²) in [5, 5.41) is 38.0. The maximum Gasteiger partial charge on any atom is 0.221 e. The number of phenolic OH excluding ortho intramolecular Hbond substituents is 1. The maximum absolute atomic E-state index is 11.0. The topological polar surface area (TPSA) is 122 Å². The number of phenols is 1. The molecule has 0 unspecified atom stereocenters. The van der Waals surface area contributed by atoms with Crippen LogP contribution in [0.25, 0.3) is 0 Å². The number of rotatable bonds is 3. The minimum atomic E-state index is -0.246. The summed E-state index contributed by atoms with van der Waals surface area (Å²) >= 11 is 0. The number of amides is 1. The van der Waals surface area contributed by atoms with E-state index < -0.39 is 0 Å². The lowest BCUT2D eigenvalue weighted by atomic mass is 10.1. The summed E-state index contributed by atoms with van der Waals surface area (Å²) < 4.78 is 0. The molecule has 2 aromatic carbocycles. The molecule has 0 atom stereocenters. The molecule has 0 fully saturated rings. The van der Waals surface area contributed by atoms with E-state index in [-0.39, 0.29) is 28.5 Å². The molecular formula is C16H11N5O2. The Morgan fingerprint density at radius 1 is 1.09 bits per heavy atom. The van der Waals surface area contributed by atoms with Crippen LogP contribution in [0.1, 0.15) is 18.1 Å². The Bertz CT molecular complexity index is 875. The molecule has 2 N–H and O–H groups in total. The van der Waals surface area contributed by atoms with Crippen molar-refractivity contribution in [3.8, 4) is 17.9 Å². The molecule has 0 aliphatic rings. The molecule has 0 aliphatic carbocycles. The van der Waals surface area contributed by atoms with Crippen molar-refractivity contribution in [3.63, 3.8) is 0 Å². The minimum absolute atomic E-state index is 0.1000. The third-order valence-corrected chi connectivity index (χ3v) is 2.81. The highest BCUT2D eigenvalue weighted by Crippen LogP contribution is 2.31. The molecule has 0 radical (unpaired) electrons. The van der Waals surface area contributed by atoms with Gasteiger partial charge in [0.2, 0.25) is 5.91 Å². The number of nitriles is 2. The van der Waals surface area contributed by atoms with Gasteiger partial charge in [-0.2, -0.15) is 15.6 Å². The Morgan fingerprint density at radius 2 is 1.83 bits per heavy atom. The van der Waals surface area contributed by atoms with Gasteiger partial charge in [-0.1, -0.05) is 0 Å². The largest absolute Gasteiger partial charge is 0.506 e. The Balaban J connectivity index is 2.32. The van der Waals surface area contributed by atoms with Crippen LogP contribution in [0.15, 0.2) is 46.6 Å². The van der Waals surface area contributed by atoms with Crippen molar-refractivity contribution < 1.29 is 9.90 Å². The van der Waals surface area contributed by atoms with Crippen LogP contribution in [0.2, 0.25) is 0 Å². The number of benzene rings is 2. The van der Waals surface area contributed by atoms with Crippen molar-refractivity contribution in [3.05, 3.63) is 47.5 Å². The number of nitrogens with one attached hydrogen (secondary N) is 1. The lowest BCUT2D eigenvalue weighted by Gasteiger charge is -2.04. The highest BCUT2D eigenvalue weighted by atomic mass is 16.3. The zero-order chi connectivity index (χ0) is 16.8. The first-order valence-corrected chi connectivity index (χ1v) is 6.50. The molecule has 2 rings (SSSR count). The molecular weight excluding hydrogens is 294 g/mol. The van der Waals surface area contributed by atoms with E-state index in [1.807, 2.05) is 12.1 Å². The fourth-order valence-corrected chi connectivity index (χ4v) is 1.78. The highest BCUT2D eigenvalue weighted by Gasteiger charge is 2.05. The van der Waals surface area contributed by atoms with Crippen molar-refractivity contribution in [2.45, 2.75) is 6.92 Å². The van der Waals surface area contributed by atoms with E-state index in [0.29, 0.717) is 11.4 Å². The zero-order valence-corrected chi connectivity index (χ0v) is 12.1. The summed E-state index contributed by atoms with van der Waals surface area (Å²) in [6.07, 6.45) is 0. The fourth-order valence-electron chi connectivity index (χ4n) is 1.78. The van der Waals surface area contributed by atoms with Crippen LogP contribution in [-0.2, 0) is 4.79 Å². The average molecular weight is 305 g/mol. The van der Waals surface area contributed by atoms with Crippen LogP contribution in [0.3, 0.4) is 0 Å². The number of hydrogen-bond acceptors (Lipinski definition) is 6.